The second-order valence-corrected chi connectivity index (χ2v) is 9.33. The molecule has 1 aliphatic carbocycles. The molecule has 188 valence electrons. The first-order valence-corrected chi connectivity index (χ1v) is 11.9. The number of alkyl halides is 2. The van der Waals surface area contributed by atoms with E-state index in [1.165, 1.54) is 17.1 Å². The molecule has 0 N–H and O–H groups in total. The summed E-state index contributed by atoms with van der Waals surface area (Å²) < 4.78 is 36.2. The molecule has 6 rings (SSSR count). The summed E-state index contributed by atoms with van der Waals surface area (Å²) in [5.74, 6) is -1.67. The lowest BCUT2D eigenvalue weighted by Gasteiger charge is -2.11. The molecule has 1 aromatic carbocycles. The molecule has 1 aliphatic rings. The maximum absolute atomic E-state index is 13.7. The van der Waals surface area contributed by atoms with Gasteiger partial charge in [-0.25, -0.2) is 29.3 Å². The van der Waals surface area contributed by atoms with Crippen LogP contribution in [0.15, 0.2) is 49.1 Å². The van der Waals surface area contributed by atoms with Gasteiger partial charge in [-0.1, -0.05) is 12.1 Å². The third-order valence-electron chi connectivity index (χ3n) is 6.45. The van der Waals surface area contributed by atoms with Gasteiger partial charge in [-0.05, 0) is 43.5 Å². The van der Waals surface area contributed by atoms with E-state index in [0.717, 1.165) is 42.0 Å². The Balaban J connectivity index is 1.31. The molecule has 0 amide bonds. The van der Waals surface area contributed by atoms with Gasteiger partial charge in [0.1, 0.15) is 17.6 Å². The summed E-state index contributed by atoms with van der Waals surface area (Å²) in [5, 5.41) is 9.41. The third kappa shape index (κ3) is 4.30. The van der Waals surface area contributed by atoms with E-state index in [1.54, 1.807) is 31.1 Å². The van der Waals surface area contributed by atoms with Gasteiger partial charge in [0.15, 0.2) is 11.5 Å². The molecule has 0 bridgehead atoms. The fourth-order valence-corrected chi connectivity index (χ4v) is 4.38. The van der Waals surface area contributed by atoms with Crippen LogP contribution in [-0.2, 0) is 12.5 Å². The fourth-order valence-electron chi connectivity index (χ4n) is 4.38. The van der Waals surface area contributed by atoms with Crippen LogP contribution in [0.2, 0.25) is 0 Å². The first-order valence-electron chi connectivity index (χ1n) is 11.9. The van der Waals surface area contributed by atoms with E-state index in [9.17, 15) is 8.78 Å². The monoisotopic (exact) mass is 502 g/mol. The zero-order chi connectivity index (χ0) is 25.7. The summed E-state index contributed by atoms with van der Waals surface area (Å²) in [7, 11) is 1.58. The van der Waals surface area contributed by atoms with Crippen LogP contribution in [-0.4, -0.2) is 46.6 Å². The minimum atomic E-state index is -2.99. The fraction of sp³-hybridized carbons (Fsp3) is 0.308. The Morgan fingerprint density at radius 2 is 1.86 bits per heavy atom. The Bertz CT molecular complexity index is 1600. The molecule has 37 heavy (non-hydrogen) atoms. The van der Waals surface area contributed by atoms with Crippen LogP contribution >= 0.6 is 0 Å². The summed E-state index contributed by atoms with van der Waals surface area (Å²) in [4.78, 5) is 18.2. The molecule has 0 aliphatic heterocycles. The number of halogens is 2. The summed E-state index contributed by atoms with van der Waals surface area (Å²) >= 11 is 0. The van der Waals surface area contributed by atoms with Crippen LogP contribution in [0.5, 0.6) is 5.88 Å². The van der Waals surface area contributed by atoms with Crippen LogP contribution in [0.4, 0.5) is 8.78 Å². The Hall–Kier alpha value is -4.28. The van der Waals surface area contributed by atoms with Gasteiger partial charge >= 0.3 is 0 Å². The summed E-state index contributed by atoms with van der Waals surface area (Å²) in [5.41, 5.74) is 4.37. The van der Waals surface area contributed by atoms with E-state index in [0.29, 0.717) is 41.2 Å². The van der Waals surface area contributed by atoms with Crippen molar-refractivity contribution in [3.05, 3.63) is 71.7 Å². The van der Waals surface area contributed by atoms with E-state index in [2.05, 4.69) is 25.1 Å². The van der Waals surface area contributed by atoms with Crippen molar-refractivity contribution in [1.82, 2.24) is 39.5 Å². The molecule has 4 aromatic heterocycles. The third-order valence-corrected chi connectivity index (χ3v) is 6.45. The smallest absolute Gasteiger partial charge is 0.288 e. The lowest BCUT2D eigenvalue weighted by molar-refractivity contribution is 0.0124. The largest absolute Gasteiger partial charge is 0.480 e. The Morgan fingerprint density at radius 3 is 2.54 bits per heavy atom. The Morgan fingerprint density at radius 1 is 1.08 bits per heavy atom. The van der Waals surface area contributed by atoms with E-state index in [4.69, 9.17) is 9.72 Å². The molecule has 0 radical (unpaired) electrons. The first kappa shape index (κ1) is 23.1. The number of aryl methyl sites for hydroxylation is 1. The van der Waals surface area contributed by atoms with Gasteiger partial charge in [0, 0.05) is 24.7 Å². The van der Waals surface area contributed by atoms with Gasteiger partial charge in [-0.2, -0.15) is 19.0 Å². The average Bonchev–Trinajstić information content (AvgIpc) is 3.55. The molecule has 9 nitrogen and oxygen atoms in total. The standard InChI is InChI=1S/C26H24F2N8O/c1-15-10-20(26(2,27)28)34-36(15)19-8-4-16(5-9-19)13-35-24-18(12-32-35)11-29-23(33-24)21-22(17-6-7-17)30-14-31-25(21)37-3/h4-5,8-12,14,17H,6-7,13H2,1-3H3. The number of benzene rings is 1. The van der Waals surface area contributed by atoms with Crippen molar-refractivity contribution in [2.24, 2.45) is 0 Å². The van der Waals surface area contributed by atoms with Crippen LogP contribution < -0.4 is 4.74 Å². The topological polar surface area (TPSA) is 96.4 Å². The normalized spacial score (nSPS) is 13.9. The SMILES string of the molecule is COc1ncnc(C2CC2)c1-c1ncc2cnn(Cc3ccc(-n4nc(C(C)(F)F)cc4C)cc3)c2n1. The van der Waals surface area contributed by atoms with E-state index >= 15 is 0 Å². The lowest BCUT2D eigenvalue weighted by atomic mass is 10.1. The number of ether oxygens (including phenoxy) is 1. The minimum absolute atomic E-state index is 0.252. The second-order valence-electron chi connectivity index (χ2n) is 9.33. The van der Waals surface area contributed by atoms with Gasteiger partial charge in [0.25, 0.3) is 5.92 Å². The minimum Gasteiger partial charge on any atom is -0.480 e. The van der Waals surface area contributed by atoms with Gasteiger partial charge in [0.2, 0.25) is 5.88 Å². The highest BCUT2D eigenvalue weighted by Gasteiger charge is 2.31. The molecular formula is C26H24F2N8O. The summed E-state index contributed by atoms with van der Waals surface area (Å²) in [6.07, 6.45) is 7.14. The molecule has 4 heterocycles. The van der Waals surface area contributed by atoms with E-state index in [1.807, 2.05) is 24.3 Å². The summed E-state index contributed by atoms with van der Waals surface area (Å²) in [6, 6.07) is 8.97. The molecule has 0 saturated heterocycles. The predicted molar refractivity (Wildman–Crippen MR) is 132 cm³/mol. The zero-order valence-electron chi connectivity index (χ0n) is 20.6. The second kappa shape index (κ2) is 8.68. The van der Waals surface area contributed by atoms with Crippen molar-refractivity contribution in [3.8, 4) is 23.0 Å². The molecule has 0 unspecified atom stereocenters. The van der Waals surface area contributed by atoms with E-state index in [-0.39, 0.29) is 5.69 Å². The molecule has 1 fully saturated rings. The van der Waals surface area contributed by atoms with Gasteiger partial charge in [-0.15, -0.1) is 0 Å². The molecule has 1 saturated carbocycles. The number of hydrogen-bond acceptors (Lipinski definition) is 7. The van der Waals surface area contributed by atoms with Crippen molar-refractivity contribution in [3.63, 3.8) is 0 Å². The Kier molecular flexibility index (Phi) is 5.43. The first-order chi connectivity index (χ1) is 17.8. The average molecular weight is 503 g/mol. The highest BCUT2D eigenvalue weighted by atomic mass is 19.3. The van der Waals surface area contributed by atoms with Gasteiger partial charge in [-0.3, -0.25) is 0 Å². The van der Waals surface area contributed by atoms with Crippen molar-refractivity contribution in [1.29, 1.82) is 0 Å². The number of aromatic nitrogens is 8. The van der Waals surface area contributed by atoms with Crippen LogP contribution in [0.1, 0.15) is 48.3 Å². The number of methoxy groups -OCH3 is 1. The van der Waals surface area contributed by atoms with Crippen molar-refractivity contribution in [2.45, 2.75) is 45.1 Å². The summed E-state index contributed by atoms with van der Waals surface area (Å²) in [6.45, 7) is 3.07. The van der Waals surface area contributed by atoms with Crippen LogP contribution in [0, 0.1) is 6.92 Å². The van der Waals surface area contributed by atoms with Crippen molar-refractivity contribution < 1.29 is 13.5 Å². The van der Waals surface area contributed by atoms with E-state index < -0.39 is 5.92 Å². The number of rotatable bonds is 7. The van der Waals surface area contributed by atoms with Crippen molar-refractivity contribution >= 4 is 11.0 Å². The maximum Gasteiger partial charge on any atom is 0.288 e. The zero-order valence-corrected chi connectivity index (χ0v) is 20.6. The molecule has 0 atom stereocenters. The highest BCUT2D eigenvalue weighted by molar-refractivity contribution is 5.77. The van der Waals surface area contributed by atoms with Gasteiger partial charge < -0.3 is 4.74 Å². The van der Waals surface area contributed by atoms with Gasteiger partial charge in [0.05, 0.1) is 36.6 Å². The molecule has 5 aromatic rings. The molecular weight excluding hydrogens is 478 g/mol. The lowest BCUT2D eigenvalue weighted by Crippen LogP contribution is -2.09. The Labute approximate surface area is 211 Å². The molecule has 11 heteroatoms. The van der Waals surface area contributed by atoms with Crippen LogP contribution in [0.25, 0.3) is 28.1 Å². The predicted octanol–water partition coefficient (Wildman–Crippen LogP) is 4.82. The van der Waals surface area contributed by atoms with Crippen LogP contribution in [0.3, 0.4) is 0 Å². The maximum atomic E-state index is 13.7. The molecule has 0 spiro atoms. The number of nitrogens with zero attached hydrogens (tertiary/aromatic N) is 8. The quantitative estimate of drug-likeness (QED) is 0.315. The number of fused-ring (bicyclic) bond motifs is 1. The highest BCUT2D eigenvalue weighted by Crippen LogP contribution is 2.44. The van der Waals surface area contributed by atoms with Crippen molar-refractivity contribution in [2.75, 3.05) is 7.11 Å². The number of hydrogen-bond donors (Lipinski definition) is 0.